The summed E-state index contributed by atoms with van der Waals surface area (Å²) >= 11 is 0. The number of benzene rings is 1. The lowest BCUT2D eigenvalue weighted by atomic mass is 10.0. The van der Waals surface area contributed by atoms with Crippen molar-refractivity contribution in [2.45, 2.75) is 13.3 Å². The van der Waals surface area contributed by atoms with Crippen molar-refractivity contribution in [1.29, 1.82) is 5.41 Å². The molecule has 0 aliphatic heterocycles. The second kappa shape index (κ2) is 3.91. The molecule has 0 aliphatic carbocycles. The molecule has 0 heterocycles. The first-order chi connectivity index (χ1) is 6.56. The van der Waals surface area contributed by atoms with Gasteiger partial charge in [-0.15, -0.1) is 0 Å². The van der Waals surface area contributed by atoms with Gasteiger partial charge in [0.2, 0.25) is 0 Å². The molecule has 1 rings (SSSR count). The molecule has 4 heteroatoms. The minimum Gasteiger partial charge on any atom is -0.478 e. The van der Waals surface area contributed by atoms with E-state index in [1.165, 1.54) is 6.07 Å². The molecule has 0 amide bonds. The Labute approximate surface area is 81.9 Å². The Kier molecular flexibility index (Phi) is 2.86. The second-order valence-corrected chi connectivity index (χ2v) is 2.94. The number of aromatic carboxylic acids is 1. The van der Waals surface area contributed by atoms with Crippen LogP contribution in [-0.4, -0.2) is 16.9 Å². The average Bonchev–Trinajstić information content (AvgIpc) is 2.16. The van der Waals surface area contributed by atoms with Crippen LogP contribution in [0.5, 0.6) is 0 Å². The largest absolute Gasteiger partial charge is 0.478 e. The predicted octanol–water partition coefficient (Wildman–Crippen LogP) is 1.23. The highest BCUT2D eigenvalue weighted by atomic mass is 16.4. The molecule has 0 aromatic heterocycles. The molecule has 0 saturated heterocycles. The van der Waals surface area contributed by atoms with Gasteiger partial charge in [0.1, 0.15) is 5.84 Å². The van der Waals surface area contributed by atoms with Crippen molar-refractivity contribution in [2.24, 2.45) is 5.73 Å². The van der Waals surface area contributed by atoms with E-state index < -0.39 is 5.97 Å². The number of hydrogen-bond donors (Lipinski definition) is 3. The standard InChI is InChI=1S/C10H12N2O2/c1-2-6-5-7(9(11)12)3-4-8(6)10(13)14/h3-5H,2H2,1H3,(H3,11,12)(H,13,14). The van der Waals surface area contributed by atoms with Gasteiger partial charge in [0.15, 0.2) is 0 Å². The quantitative estimate of drug-likeness (QED) is 0.497. The summed E-state index contributed by atoms with van der Waals surface area (Å²) in [5, 5.41) is 16.1. The van der Waals surface area contributed by atoms with E-state index in [9.17, 15) is 4.79 Å². The Balaban J connectivity index is 3.25. The van der Waals surface area contributed by atoms with Gasteiger partial charge in [0.05, 0.1) is 5.56 Å². The van der Waals surface area contributed by atoms with Crippen molar-refractivity contribution >= 4 is 11.8 Å². The fraction of sp³-hybridized carbons (Fsp3) is 0.200. The number of amidine groups is 1. The molecule has 1 aromatic carbocycles. The van der Waals surface area contributed by atoms with Crippen molar-refractivity contribution in [3.05, 3.63) is 34.9 Å². The van der Waals surface area contributed by atoms with Crippen LogP contribution in [0.4, 0.5) is 0 Å². The molecule has 0 aliphatic rings. The fourth-order valence-electron chi connectivity index (χ4n) is 1.26. The van der Waals surface area contributed by atoms with Crippen molar-refractivity contribution in [3.8, 4) is 0 Å². The van der Waals surface area contributed by atoms with E-state index in [0.717, 1.165) is 0 Å². The number of nitrogens with two attached hydrogens (primary N) is 1. The minimum absolute atomic E-state index is 0.0448. The first kappa shape index (κ1) is 10.2. The van der Waals surface area contributed by atoms with Crippen LogP contribution in [0.25, 0.3) is 0 Å². The maximum atomic E-state index is 10.8. The van der Waals surface area contributed by atoms with Crippen LogP contribution in [-0.2, 0) is 6.42 Å². The second-order valence-electron chi connectivity index (χ2n) is 2.94. The number of hydrogen-bond acceptors (Lipinski definition) is 2. The van der Waals surface area contributed by atoms with Gasteiger partial charge in [-0.2, -0.15) is 0 Å². The number of aryl methyl sites for hydroxylation is 1. The highest BCUT2D eigenvalue weighted by Crippen LogP contribution is 2.12. The van der Waals surface area contributed by atoms with E-state index in [1.807, 2.05) is 6.92 Å². The molecule has 0 atom stereocenters. The molecule has 0 unspecified atom stereocenters. The van der Waals surface area contributed by atoms with E-state index >= 15 is 0 Å². The smallest absolute Gasteiger partial charge is 0.335 e. The lowest BCUT2D eigenvalue weighted by Crippen LogP contribution is -2.12. The Hall–Kier alpha value is -1.84. The number of nitrogens with one attached hydrogen (secondary N) is 1. The van der Waals surface area contributed by atoms with Crippen LogP contribution in [0.2, 0.25) is 0 Å². The molecule has 0 fully saturated rings. The van der Waals surface area contributed by atoms with E-state index in [1.54, 1.807) is 12.1 Å². The molecular weight excluding hydrogens is 180 g/mol. The van der Waals surface area contributed by atoms with Gasteiger partial charge in [-0.25, -0.2) is 4.79 Å². The van der Waals surface area contributed by atoms with Gasteiger partial charge < -0.3 is 10.8 Å². The number of carboxylic acids is 1. The SMILES string of the molecule is CCc1cc(C(=N)N)ccc1C(=O)O. The molecule has 0 spiro atoms. The average molecular weight is 192 g/mol. The normalized spacial score (nSPS) is 9.79. The summed E-state index contributed by atoms with van der Waals surface area (Å²) < 4.78 is 0. The molecule has 1 aromatic rings. The molecule has 14 heavy (non-hydrogen) atoms. The summed E-state index contributed by atoms with van der Waals surface area (Å²) in [6, 6.07) is 4.68. The number of carboxylic acid groups (broad SMARTS) is 1. The number of carbonyl (C=O) groups is 1. The van der Waals surface area contributed by atoms with E-state index in [-0.39, 0.29) is 11.4 Å². The van der Waals surface area contributed by atoms with E-state index in [2.05, 4.69) is 0 Å². The zero-order valence-corrected chi connectivity index (χ0v) is 7.87. The molecule has 0 radical (unpaired) electrons. The minimum atomic E-state index is -0.947. The van der Waals surface area contributed by atoms with Crippen molar-refractivity contribution < 1.29 is 9.90 Å². The van der Waals surface area contributed by atoms with E-state index in [0.29, 0.717) is 17.5 Å². The summed E-state index contributed by atoms with van der Waals surface area (Å²) in [5.74, 6) is -0.992. The van der Waals surface area contributed by atoms with Crippen LogP contribution in [0, 0.1) is 5.41 Å². The highest BCUT2D eigenvalue weighted by Gasteiger charge is 2.09. The summed E-state index contributed by atoms with van der Waals surface area (Å²) in [4.78, 5) is 10.8. The first-order valence-corrected chi connectivity index (χ1v) is 4.27. The predicted molar refractivity (Wildman–Crippen MR) is 53.8 cm³/mol. The Morgan fingerprint density at radius 1 is 1.57 bits per heavy atom. The molecule has 4 N–H and O–H groups in total. The van der Waals surface area contributed by atoms with Crippen LogP contribution in [0.1, 0.15) is 28.4 Å². The summed E-state index contributed by atoms with van der Waals surface area (Å²) in [7, 11) is 0. The first-order valence-electron chi connectivity index (χ1n) is 4.27. The van der Waals surface area contributed by atoms with Crippen molar-refractivity contribution in [2.75, 3.05) is 0 Å². The zero-order valence-electron chi connectivity index (χ0n) is 7.87. The number of nitrogen functional groups attached to an aromatic ring is 1. The topological polar surface area (TPSA) is 87.2 Å². The third kappa shape index (κ3) is 1.90. The van der Waals surface area contributed by atoms with Gasteiger partial charge in [-0.1, -0.05) is 13.0 Å². The van der Waals surface area contributed by atoms with Crippen molar-refractivity contribution in [1.82, 2.24) is 0 Å². The van der Waals surface area contributed by atoms with Gasteiger partial charge in [0, 0.05) is 5.56 Å². The van der Waals surface area contributed by atoms with Gasteiger partial charge in [-0.05, 0) is 24.1 Å². The molecule has 4 nitrogen and oxygen atoms in total. The maximum Gasteiger partial charge on any atom is 0.335 e. The van der Waals surface area contributed by atoms with Gasteiger partial charge >= 0.3 is 5.97 Å². The lowest BCUT2D eigenvalue weighted by molar-refractivity contribution is 0.0695. The van der Waals surface area contributed by atoms with Gasteiger partial charge in [-0.3, -0.25) is 5.41 Å². The highest BCUT2D eigenvalue weighted by molar-refractivity contribution is 5.97. The summed E-state index contributed by atoms with van der Waals surface area (Å²) in [6.07, 6.45) is 0.614. The molecule has 0 saturated carbocycles. The van der Waals surface area contributed by atoms with Crippen LogP contribution in [0.3, 0.4) is 0 Å². The summed E-state index contributed by atoms with van der Waals surface area (Å²) in [6.45, 7) is 1.87. The molecular formula is C10H12N2O2. The fourth-order valence-corrected chi connectivity index (χ4v) is 1.26. The van der Waals surface area contributed by atoms with E-state index in [4.69, 9.17) is 16.2 Å². The Bertz CT molecular complexity index is 386. The summed E-state index contributed by atoms with van der Waals surface area (Å²) in [5.41, 5.74) is 6.84. The van der Waals surface area contributed by atoms with Crippen LogP contribution >= 0.6 is 0 Å². The molecule has 0 bridgehead atoms. The number of rotatable bonds is 3. The Morgan fingerprint density at radius 2 is 2.21 bits per heavy atom. The van der Waals surface area contributed by atoms with Crippen molar-refractivity contribution in [3.63, 3.8) is 0 Å². The third-order valence-electron chi connectivity index (χ3n) is 2.03. The van der Waals surface area contributed by atoms with Crippen LogP contribution in [0.15, 0.2) is 18.2 Å². The lowest BCUT2D eigenvalue weighted by Gasteiger charge is -2.05. The monoisotopic (exact) mass is 192 g/mol. The Morgan fingerprint density at radius 3 is 2.64 bits per heavy atom. The zero-order chi connectivity index (χ0) is 10.7. The third-order valence-corrected chi connectivity index (χ3v) is 2.03. The molecule has 74 valence electrons. The van der Waals surface area contributed by atoms with Crippen LogP contribution < -0.4 is 5.73 Å². The maximum absolute atomic E-state index is 10.8. The van der Waals surface area contributed by atoms with Gasteiger partial charge in [0.25, 0.3) is 0 Å².